The van der Waals surface area contributed by atoms with Gasteiger partial charge in [-0.3, -0.25) is 0 Å². The van der Waals surface area contributed by atoms with Crippen molar-refractivity contribution in [1.29, 1.82) is 0 Å². The molecule has 0 amide bonds. The van der Waals surface area contributed by atoms with Crippen molar-refractivity contribution in [3.63, 3.8) is 0 Å². The third-order valence-electron chi connectivity index (χ3n) is 1.87. The summed E-state index contributed by atoms with van der Waals surface area (Å²) in [5.41, 5.74) is -3.54. The lowest BCUT2D eigenvalue weighted by atomic mass is 9.92. The van der Waals surface area contributed by atoms with Crippen LogP contribution >= 0.6 is 11.6 Å². The molecule has 1 unspecified atom stereocenters. The van der Waals surface area contributed by atoms with E-state index in [2.05, 4.69) is 18.2 Å². The molecule has 0 saturated heterocycles. The first-order valence-electron chi connectivity index (χ1n) is 4.02. The summed E-state index contributed by atoms with van der Waals surface area (Å²) in [7, 11) is 0. The normalized spacial score (nSPS) is 16.4. The van der Waals surface area contributed by atoms with Gasteiger partial charge in [0.25, 0.3) is 0 Å². The molecule has 1 atom stereocenters. The summed E-state index contributed by atoms with van der Waals surface area (Å²) < 4.78 is 37.4. The lowest BCUT2D eigenvalue weighted by molar-refractivity contribution is -0.242. The molecule has 0 rings (SSSR count). The van der Waals surface area contributed by atoms with Crippen molar-refractivity contribution >= 4 is 17.8 Å². The number of hydrogen-bond donors (Lipinski definition) is 1. The minimum Gasteiger partial charge on any atom is -0.376 e. The molecule has 0 fully saturated rings. The monoisotopic (exact) mass is 241 g/mol. The Morgan fingerprint density at radius 2 is 1.93 bits per heavy atom. The predicted octanol–water partition coefficient (Wildman–Crippen LogP) is 3.03. The number of alkyl halides is 3. The molecule has 0 heterocycles. The van der Waals surface area contributed by atoms with Crippen molar-refractivity contribution in [1.82, 2.24) is 0 Å². The van der Waals surface area contributed by atoms with E-state index < -0.39 is 23.8 Å². The molecule has 0 aliphatic carbocycles. The Morgan fingerprint density at radius 1 is 1.47 bits per heavy atom. The van der Waals surface area contributed by atoms with Gasteiger partial charge in [0, 0.05) is 11.8 Å². The molecule has 0 aromatic heterocycles. The van der Waals surface area contributed by atoms with Gasteiger partial charge in [-0.2, -0.15) is 13.2 Å². The number of aliphatic hydroxyl groups is 1. The number of rotatable bonds is 4. The number of nitrogens with zero attached hydrogens (tertiary/aromatic N) is 1. The highest BCUT2D eigenvalue weighted by Gasteiger charge is 2.53. The summed E-state index contributed by atoms with van der Waals surface area (Å²) in [5.74, 6) is 0. The zero-order valence-corrected chi connectivity index (χ0v) is 8.86. The van der Waals surface area contributed by atoms with Crippen LogP contribution in [-0.2, 0) is 0 Å². The SMILES string of the molecule is C=C(Cl)N=CC(=C)C(O)(CC)C(F)(F)F. The Labute approximate surface area is 90.8 Å². The average Bonchev–Trinajstić information content (AvgIpc) is 2.10. The minimum atomic E-state index is -4.79. The van der Waals surface area contributed by atoms with Gasteiger partial charge in [-0.05, 0) is 6.42 Å². The Balaban J connectivity index is 4.99. The van der Waals surface area contributed by atoms with E-state index >= 15 is 0 Å². The second-order valence-corrected chi connectivity index (χ2v) is 3.31. The van der Waals surface area contributed by atoms with Crippen LogP contribution in [0.5, 0.6) is 0 Å². The molecule has 6 heteroatoms. The molecule has 1 N–H and O–H groups in total. The maximum absolute atomic E-state index is 12.5. The summed E-state index contributed by atoms with van der Waals surface area (Å²) in [6.45, 7) is 7.47. The van der Waals surface area contributed by atoms with Crippen molar-refractivity contribution in [3.05, 3.63) is 23.9 Å². The van der Waals surface area contributed by atoms with Crippen LogP contribution in [0.2, 0.25) is 0 Å². The lowest BCUT2D eigenvalue weighted by Crippen LogP contribution is -2.46. The van der Waals surface area contributed by atoms with Crippen molar-refractivity contribution in [2.24, 2.45) is 4.99 Å². The van der Waals surface area contributed by atoms with Gasteiger partial charge in [0.2, 0.25) is 0 Å². The van der Waals surface area contributed by atoms with Crippen molar-refractivity contribution < 1.29 is 18.3 Å². The highest BCUT2D eigenvalue weighted by Crippen LogP contribution is 2.37. The summed E-state index contributed by atoms with van der Waals surface area (Å²) in [5, 5.41) is 9.17. The first-order chi connectivity index (χ1) is 6.65. The van der Waals surface area contributed by atoms with E-state index in [0.29, 0.717) is 0 Å². The van der Waals surface area contributed by atoms with Gasteiger partial charge in [-0.15, -0.1) is 0 Å². The van der Waals surface area contributed by atoms with Crippen LogP contribution < -0.4 is 0 Å². The second-order valence-electron chi connectivity index (χ2n) is 2.87. The fourth-order valence-electron chi connectivity index (χ4n) is 0.864. The lowest BCUT2D eigenvalue weighted by Gasteiger charge is -2.29. The highest BCUT2D eigenvalue weighted by molar-refractivity contribution is 6.29. The van der Waals surface area contributed by atoms with E-state index in [0.717, 1.165) is 6.21 Å². The Bertz CT molecular complexity index is 298. The first-order valence-corrected chi connectivity index (χ1v) is 4.40. The first kappa shape index (κ1) is 14.2. The number of halogens is 4. The molecule has 0 radical (unpaired) electrons. The van der Waals surface area contributed by atoms with Crippen molar-refractivity contribution in [2.75, 3.05) is 0 Å². The zero-order chi connectivity index (χ0) is 12.3. The van der Waals surface area contributed by atoms with E-state index in [1.165, 1.54) is 6.92 Å². The number of hydrogen-bond acceptors (Lipinski definition) is 2. The van der Waals surface area contributed by atoms with Crippen LogP contribution in [0.3, 0.4) is 0 Å². The van der Waals surface area contributed by atoms with Crippen LogP contribution in [0.25, 0.3) is 0 Å². The minimum absolute atomic E-state index is 0.184. The fraction of sp³-hybridized carbons (Fsp3) is 0.444. The molecule has 0 saturated carbocycles. The Hall–Kier alpha value is -0.810. The summed E-state index contributed by atoms with van der Waals surface area (Å²) >= 11 is 5.23. The fourth-order valence-corrected chi connectivity index (χ4v) is 0.913. The molecule has 0 bridgehead atoms. The smallest absolute Gasteiger partial charge is 0.376 e. The van der Waals surface area contributed by atoms with Crippen LogP contribution in [0.1, 0.15) is 13.3 Å². The maximum Gasteiger partial charge on any atom is 0.421 e. The van der Waals surface area contributed by atoms with E-state index in [-0.39, 0.29) is 5.16 Å². The zero-order valence-electron chi connectivity index (χ0n) is 8.10. The molecule has 86 valence electrons. The van der Waals surface area contributed by atoms with Gasteiger partial charge in [0.15, 0.2) is 5.60 Å². The standard InChI is InChI=1S/C9H11ClF3NO/c1-4-8(15,9(11,12)13)6(2)5-14-7(3)10/h5,15H,2-4H2,1H3. The summed E-state index contributed by atoms with van der Waals surface area (Å²) in [4.78, 5) is 3.34. The summed E-state index contributed by atoms with van der Waals surface area (Å²) in [6, 6.07) is 0. The molecule has 0 aliphatic rings. The third kappa shape index (κ3) is 3.35. The van der Waals surface area contributed by atoms with E-state index in [1.54, 1.807) is 0 Å². The number of aliphatic imine (C=N–C) groups is 1. The molecular formula is C9H11ClF3NO. The predicted molar refractivity (Wildman–Crippen MR) is 53.9 cm³/mol. The van der Waals surface area contributed by atoms with Gasteiger partial charge < -0.3 is 5.11 Å². The summed E-state index contributed by atoms with van der Waals surface area (Å²) in [6.07, 6.45) is -4.58. The molecule has 0 aromatic rings. The molecule has 15 heavy (non-hydrogen) atoms. The third-order valence-corrected chi connectivity index (χ3v) is 1.97. The van der Waals surface area contributed by atoms with Gasteiger partial charge in [0.1, 0.15) is 5.16 Å². The van der Waals surface area contributed by atoms with E-state index in [1.807, 2.05) is 0 Å². The second kappa shape index (κ2) is 4.81. The average molecular weight is 242 g/mol. The van der Waals surface area contributed by atoms with Gasteiger partial charge in [-0.25, -0.2) is 4.99 Å². The molecule has 0 spiro atoms. The van der Waals surface area contributed by atoms with Crippen LogP contribution in [0.4, 0.5) is 13.2 Å². The Kier molecular flexibility index (Phi) is 4.55. The molecule has 0 aromatic carbocycles. The van der Waals surface area contributed by atoms with Crippen LogP contribution in [0, 0.1) is 0 Å². The van der Waals surface area contributed by atoms with Gasteiger partial charge in [0.05, 0.1) is 0 Å². The molecular weight excluding hydrogens is 231 g/mol. The highest BCUT2D eigenvalue weighted by atomic mass is 35.5. The molecule has 0 aliphatic heterocycles. The Morgan fingerprint density at radius 3 is 2.20 bits per heavy atom. The molecule has 2 nitrogen and oxygen atoms in total. The van der Waals surface area contributed by atoms with Gasteiger partial charge >= 0.3 is 6.18 Å². The van der Waals surface area contributed by atoms with Crippen LogP contribution in [0.15, 0.2) is 28.9 Å². The van der Waals surface area contributed by atoms with E-state index in [9.17, 15) is 18.3 Å². The van der Waals surface area contributed by atoms with Crippen LogP contribution in [-0.4, -0.2) is 23.1 Å². The topological polar surface area (TPSA) is 32.6 Å². The van der Waals surface area contributed by atoms with Crippen molar-refractivity contribution in [2.45, 2.75) is 25.1 Å². The van der Waals surface area contributed by atoms with Gasteiger partial charge in [-0.1, -0.05) is 31.7 Å². The van der Waals surface area contributed by atoms with Crippen molar-refractivity contribution in [3.8, 4) is 0 Å². The maximum atomic E-state index is 12.5. The quantitative estimate of drug-likeness (QED) is 0.596. The van der Waals surface area contributed by atoms with E-state index in [4.69, 9.17) is 11.6 Å². The largest absolute Gasteiger partial charge is 0.421 e.